The highest BCUT2D eigenvalue weighted by molar-refractivity contribution is 6.01. The quantitative estimate of drug-likeness (QED) is 0.748. The molecule has 0 aromatic heterocycles. The molecule has 0 radical (unpaired) electrons. The predicted octanol–water partition coefficient (Wildman–Crippen LogP) is 4.32. The molecule has 0 fully saturated rings. The van der Waals surface area contributed by atoms with Gasteiger partial charge in [-0.3, -0.25) is 0 Å². The van der Waals surface area contributed by atoms with Crippen molar-refractivity contribution >= 4 is 5.97 Å². The molecule has 19 heavy (non-hydrogen) atoms. The third kappa shape index (κ3) is 2.35. The molecule has 2 nitrogen and oxygen atoms in total. The van der Waals surface area contributed by atoms with Crippen LogP contribution < -0.4 is 0 Å². The van der Waals surface area contributed by atoms with Gasteiger partial charge in [0.05, 0.1) is 12.7 Å². The molecular weight excluding hydrogens is 236 g/mol. The van der Waals surface area contributed by atoms with Crippen LogP contribution in [0.1, 0.15) is 46.8 Å². The highest BCUT2D eigenvalue weighted by atomic mass is 16.5. The van der Waals surface area contributed by atoms with Crippen LogP contribution in [0.25, 0.3) is 11.1 Å². The summed E-state index contributed by atoms with van der Waals surface area (Å²) in [5.41, 5.74) is 6.33. The number of hydrogen-bond acceptors (Lipinski definition) is 2. The van der Waals surface area contributed by atoms with Gasteiger partial charge in [0.25, 0.3) is 0 Å². The number of carbonyl (C=O) groups is 1. The second-order valence-electron chi connectivity index (χ2n) is 5.34. The molecule has 0 heterocycles. The van der Waals surface area contributed by atoms with Crippen LogP contribution in [0.4, 0.5) is 0 Å². The molecule has 0 aliphatic heterocycles. The number of hydrogen-bond donors (Lipinski definition) is 0. The minimum Gasteiger partial charge on any atom is -0.465 e. The lowest BCUT2D eigenvalue weighted by Crippen LogP contribution is -2.01. The monoisotopic (exact) mass is 256 g/mol. The average molecular weight is 256 g/mol. The van der Waals surface area contributed by atoms with E-state index in [4.69, 9.17) is 4.74 Å². The molecule has 0 N–H and O–H groups in total. The van der Waals surface area contributed by atoms with Gasteiger partial charge in [-0.1, -0.05) is 32.0 Å². The zero-order chi connectivity index (χ0) is 14.2. The first-order valence-electron chi connectivity index (χ1n) is 6.58. The molecular formula is C17H20O2. The van der Waals surface area contributed by atoms with Crippen molar-refractivity contribution in [2.24, 2.45) is 0 Å². The van der Waals surface area contributed by atoms with Crippen molar-refractivity contribution in [1.29, 1.82) is 0 Å². The number of rotatable bonds is 2. The summed E-state index contributed by atoms with van der Waals surface area (Å²) in [6, 6.07) is 8.34. The molecule has 2 heteroatoms. The average Bonchev–Trinajstić information content (AvgIpc) is 2.58. The van der Waals surface area contributed by atoms with Crippen molar-refractivity contribution in [3.63, 3.8) is 0 Å². The minimum atomic E-state index is -0.265. The van der Waals surface area contributed by atoms with Crippen LogP contribution in [-0.2, 0) is 4.74 Å². The molecule has 0 bridgehead atoms. The third-order valence-corrected chi connectivity index (χ3v) is 3.63. The molecule has 2 aliphatic rings. The first kappa shape index (κ1) is 13.6. The van der Waals surface area contributed by atoms with Crippen LogP contribution >= 0.6 is 0 Å². The van der Waals surface area contributed by atoms with Gasteiger partial charge in [-0.05, 0) is 53.6 Å². The van der Waals surface area contributed by atoms with E-state index < -0.39 is 0 Å². The van der Waals surface area contributed by atoms with Crippen LogP contribution in [0.3, 0.4) is 0 Å². The second kappa shape index (κ2) is 5.04. The van der Waals surface area contributed by atoms with Crippen molar-refractivity contribution < 1.29 is 9.53 Å². The molecule has 0 aromatic carbocycles. The van der Waals surface area contributed by atoms with Gasteiger partial charge in [-0.25, -0.2) is 4.79 Å². The second-order valence-corrected chi connectivity index (χ2v) is 5.34. The van der Waals surface area contributed by atoms with Crippen molar-refractivity contribution in [3.05, 3.63) is 46.5 Å². The number of carbonyl (C=O) groups excluding carboxylic acids is 1. The van der Waals surface area contributed by atoms with Crippen LogP contribution in [0.2, 0.25) is 0 Å². The summed E-state index contributed by atoms with van der Waals surface area (Å²) in [5.74, 6) is 0.198. The van der Waals surface area contributed by atoms with Crippen molar-refractivity contribution in [2.75, 3.05) is 7.11 Å². The molecule has 0 atom stereocenters. The van der Waals surface area contributed by atoms with Gasteiger partial charge < -0.3 is 4.74 Å². The van der Waals surface area contributed by atoms with Crippen LogP contribution in [-0.4, -0.2) is 13.1 Å². The summed E-state index contributed by atoms with van der Waals surface area (Å²) in [4.78, 5) is 11.9. The summed E-state index contributed by atoms with van der Waals surface area (Å²) in [6.45, 7) is 8.43. The van der Waals surface area contributed by atoms with Gasteiger partial charge in [0, 0.05) is 0 Å². The Morgan fingerprint density at radius 2 is 1.79 bits per heavy atom. The van der Waals surface area contributed by atoms with Gasteiger partial charge in [0.2, 0.25) is 0 Å². The van der Waals surface area contributed by atoms with Crippen molar-refractivity contribution in [2.45, 2.75) is 33.6 Å². The number of ether oxygens (including phenoxy) is 1. The van der Waals surface area contributed by atoms with Crippen LogP contribution in [0.15, 0.2) is 24.3 Å². The predicted molar refractivity (Wildman–Crippen MR) is 78.0 cm³/mol. The normalized spacial score (nSPS) is 11.1. The van der Waals surface area contributed by atoms with Gasteiger partial charge >= 0.3 is 5.97 Å². The maximum absolute atomic E-state index is 11.9. The van der Waals surface area contributed by atoms with Gasteiger partial charge in [-0.2, -0.15) is 0 Å². The molecule has 2 rings (SSSR count). The molecule has 0 saturated heterocycles. The Morgan fingerprint density at radius 3 is 2.37 bits per heavy atom. The highest BCUT2D eigenvalue weighted by Gasteiger charge is 2.21. The zero-order valence-electron chi connectivity index (χ0n) is 12.2. The Kier molecular flexibility index (Phi) is 3.61. The number of methoxy groups -OCH3 is 1. The van der Waals surface area contributed by atoms with E-state index in [0.717, 1.165) is 22.3 Å². The lowest BCUT2D eigenvalue weighted by Gasteiger charge is -2.05. The SMILES string of the molecule is COC(=O)c1cc(C)c2cc(C(C)C)ccc(C)c1-2. The summed E-state index contributed by atoms with van der Waals surface area (Å²) < 4.78 is 4.88. The van der Waals surface area contributed by atoms with Crippen LogP contribution in [0.5, 0.6) is 0 Å². The Morgan fingerprint density at radius 1 is 1.11 bits per heavy atom. The molecule has 2 aliphatic carbocycles. The molecule has 0 amide bonds. The number of esters is 1. The third-order valence-electron chi connectivity index (χ3n) is 3.63. The Labute approximate surface area is 114 Å². The smallest absolute Gasteiger partial charge is 0.338 e. The molecule has 0 saturated carbocycles. The fourth-order valence-electron chi connectivity index (χ4n) is 2.47. The largest absolute Gasteiger partial charge is 0.465 e. The van der Waals surface area contributed by atoms with Gasteiger partial charge in [-0.15, -0.1) is 0 Å². The molecule has 0 spiro atoms. The molecule has 100 valence electrons. The van der Waals surface area contributed by atoms with Crippen molar-refractivity contribution in [1.82, 2.24) is 0 Å². The lowest BCUT2D eigenvalue weighted by molar-refractivity contribution is 0.0602. The zero-order valence-corrected chi connectivity index (χ0v) is 12.2. The summed E-state index contributed by atoms with van der Waals surface area (Å²) in [6.07, 6.45) is 0. The van der Waals surface area contributed by atoms with Gasteiger partial charge in [0.15, 0.2) is 0 Å². The first-order valence-corrected chi connectivity index (χ1v) is 6.58. The van der Waals surface area contributed by atoms with E-state index in [1.54, 1.807) is 0 Å². The topological polar surface area (TPSA) is 26.3 Å². The number of aryl methyl sites for hydroxylation is 2. The number of fused-ring (bicyclic) bond motifs is 1. The maximum Gasteiger partial charge on any atom is 0.338 e. The van der Waals surface area contributed by atoms with E-state index >= 15 is 0 Å². The lowest BCUT2D eigenvalue weighted by atomic mass is 10.0. The summed E-state index contributed by atoms with van der Waals surface area (Å²) in [7, 11) is 1.42. The van der Waals surface area contributed by atoms with Gasteiger partial charge in [0.1, 0.15) is 0 Å². The fourth-order valence-corrected chi connectivity index (χ4v) is 2.47. The Bertz CT molecular complexity index is 597. The molecule has 0 aromatic rings. The van der Waals surface area contributed by atoms with Crippen LogP contribution in [0, 0.1) is 13.8 Å². The van der Waals surface area contributed by atoms with E-state index in [1.807, 2.05) is 19.9 Å². The standard InChI is InChI=1S/C17H20O2/c1-10(2)13-7-6-11(3)16-14(9-13)12(4)8-15(16)17(18)19-5/h6-10H,1-5H3. The fraction of sp³-hybridized carbons (Fsp3) is 0.353. The molecule has 0 unspecified atom stereocenters. The summed E-state index contributed by atoms with van der Waals surface area (Å²) in [5, 5.41) is 0. The Hall–Kier alpha value is -1.83. The van der Waals surface area contributed by atoms with E-state index in [0.29, 0.717) is 11.5 Å². The van der Waals surface area contributed by atoms with E-state index in [1.165, 1.54) is 12.7 Å². The van der Waals surface area contributed by atoms with Crippen molar-refractivity contribution in [3.8, 4) is 11.1 Å². The maximum atomic E-state index is 11.9. The first-order chi connectivity index (χ1) is 8.95. The minimum absolute atomic E-state index is 0.265. The van der Waals surface area contributed by atoms with E-state index in [-0.39, 0.29) is 5.97 Å². The Balaban J connectivity index is 2.75. The van der Waals surface area contributed by atoms with E-state index in [2.05, 4.69) is 32.0 Å². The van der Waals surface area contributed by atoms with E-state index in [9.17, 15) is 4.79 Å². The highest BCUT2D eigenvalue weighted by Crippen LogP contribution is 2.36. The summed E-state index contributed by atoms with van der Waals surface area (Å²) >= 11 is 0.